The molecular formula is C20H21N3O2. The maximum Gasteiger partial charge on any atom is 0.258 e. The second-order valence-electron chi connectivity index (χ2n) is 5.93. The third kappa shape index (κ3) is 5.21. The third-order valence-electron chi connectivity index (χ3n) is 3.80. The lowest BCUT2D eigenvalue weighted by atomic mass is 10.1. The number of rotatable bonds is 7. The van der Waals surface area contributed by atoms with Crippen LogP contribution in [0, 0.1) is 6.92 Å². The summed E-state index contributed by atoms with van der Waals surface area (Å²) in [5.41, 5.74) is 3.35. The number of ether oxygens (including phenoxy) is 1. The van der Waals surface area contributed by atoms with Crippen molar-refractivity contribution in [2.45, 2.75) is 20.0 Å². The van der Waals surface area contributed by atoms with E-state index in [1.54, 1.807) is 12.5 Å². The lowest BCUT2D eigenvalue weighted by molar-refractivity contribution is -0.123. The van der Waals surface area contributed by atoms with Gasteiger partial charge in [-0.15, -0.1) is 0 Å². The number of nitrogens with zero attached hydrogens (tertiary/aromatic N) is 2. The Morgan fingerprint density at radius 1 is 1.16 bits per heavy atom. The highest BCUT2D eigenvalue weighted by Crippen LogP contribution is 2.12. The van der Waals surface area contributed by atoms with Gasteiger partial charge in [0.05, 0.1) is 6.33 Å². The van der Waals surface area contributed by atoms with Gasteiger partial charge in [0, 0.05) is 25.5 Å². The standard InChI is InChI=1S/C20H21N3O2/c1-16-3-2-4-19(11-16)25-14-20(24)22-12-17-5-7-18(8-6-17)13-23-10-9-21-15-23/h2-11,15H,12-14H2,1H3,(H,22,24). The minimum Gasteiger partial charge on any atom is -0.484 e. The quantitative estimate of drug-likeness (QED) is 0.722. The van der Waals surface area contributed by atoms with Crippen LogP contribution in [-0.4, -0.2) is 22.1 Å². The number of amides is 1. The van der Waals surface area contributed by atoms with Crippen molar-refractivity contribution in [3.63, 3.8) is 0 Å². The lowest BCUT2D eigenvalue weighted by Gasteiger charge is -2.09. The van der Waals surface area contributed by atoms with E-state index >= 15 is 0 Å². The second kappa shape index (κ2) is 8.15. The maximum atomic E-state index is 11.9. The van der Waals surface area contributed by atoms with Gasteiger partial charge in [0.25, 0.3) is 5.91 Å². The fourth-order valence-electron chi connectivity index (χ4n) is 2.46. The highest BCUT2D eigenvalue weighted by molar-refractivity contribution is 5.77. The first-order valence-electron chi connectivity index (χ1n) is 8.19. The summed E-state index contributed by atoms with van der Waals surface area (Å²) >= 11 is 0. The molecule has 0 radical (unpaired) electrons. The van der Waals surface area contributed by atoms with Gasteiger partial charge in [-0.1, -0.05) is 36.4 Å². The molecule has 0 aliphatic rings. The summed E-state index contributed by atoms with van der Waals surface area (Å²) in [6.07, 6.45) is 5.49. The topological polar surface area (TPSA) is 56.1 Å². The van der Waals surface area contributed by atoms with Crippen molar-refractivity contribution in [3.8, 4) is 5.75 Å². The predicted octanol–water partition coefficient (Wildman–Crippen LogP) is 2.94. The van der Waals surface area contributed by atoms with Crippen LogP contribution in [0.15, 0.2) is 67.3 Å². The summed E-state index contributed by atoms with van der Waals surface area (Å²) in [7, 11) is 0. The zero-order valence-corrected chi connectivity index (χ0v) is 14.2. The molecule has 25 heavy (non-hydrogen) atoms. The van der Waals surface area contributed by atoms with E-state index in [4.69, 9.17) is 4.74 Å². The Bertz CT molecular complexity index is 811. The van der Waals surface area contributed by atoms with Crippen LogP contribution in [0.4, 0.5) is 0 Å². The summed E-state index contributed by atoms with van der Waals surface area (Å²) in [6.45, 7) is 3.28. The average Bonchev–Trinajstić information content (AvgIpc) is 3.12. The summed E-state index contributed by atoms with van der Waals surface area (Å²) in [6, 6.07) is 15.8. The van der Waals surface area contributed by atoms with Gasteiger partial charge in [-0.2, -0.15) is 0 Å². The van der Waals surface area contributed by atoms with Crippen LogP contribution in [0.25, 0.3) is 0 Å². The van der Waals surface area contributed by atoms with E-state index in [9.17, 15) is 4.79 Å². The van der Waals surface area contributed by atoms with Crippen LogP contribution in [0.1, 0.15) is 16.7 Å². The Morgan fingerprint density at radius 2 is 1.96 bits per heavy atom. The minimum absolute atomic E-state index is 0.0160. The molecule has 1 amide bonds. The molecule has 1 aromatic heterocycles. The molecule has 3 aromatic rings. The molecule has 2 aromatic carbocycles. The third-order valence-corrected chi connectivity index (χ3v) is 3.80. The summed E-state index contributed by atoms with van der Waals surface area (Å²) in [5, 5.41) is 2.87. The molecule has 0 unspecified atom stereocenters. The van der Waals surface area contributed by atoms with Crippen LogP contribution in [0.2, 0.25) is 0 Å². The molecule has 0 saturated carbocycles. The Kier molecular flexibility index (Phi) is 5.46. The molecule has 0 saturated heterocycles. The zero-order chi connectivity index (χ0) is 17.5. The second-order valence-corrected chi connectivity index (χ2v) is 5.93. The Balaban J connectivity index is 1.44. The molecule has 0 aliphatic carbocycles. The van der Waals surface area contributed by atoms with Gasteiger partial charge in [0.15, 0.2) is 6.61 Å². The van der Waals surface area contributed by atoms with Crippen molar-refractivity contribution in [3.05, 3.63) is 83.9 Å². The fraction of sp³-hybridized carbons (Fsp3) is 0.200. The number of benzene rings is 2. The molecule has 5 heteroatoms. The first-order valence-corrected chi connectivity index (χ1v) is 8.19. The van der Waals surface area contributed by atoms with E-state index in [2.05, 4.69) is 22.4 Å². The van der Waals surface area contributed by atoms with Gasteiger partial charge in [0.1, 0.15) is 5.75 Å². The van der Waals surface area contributed by atoms with Crippen molar-refractivity contribution >= 4 is 5.91 Å². The summed E-state index contributed by atoms with van der Waals surface area (Å²) in [4.78, 5) is 15.9. The number of hydrogen-bond acceptors (Lipinski definition) is 3. The lowest BCUT2D eigenvalue weighted by Crippen LogP contribution is -2.28. The first kappa shape index (κ1) is 16.8. The van der Waals surface area contributed by atoms with Crippen molar-refractivity contribution < 1.29 is 9.53 Å². The van der Waals surface area contributed by atoms with E-state index in [1.807, 2.05) is 54.1 Å². The van der Waals surface area contributed by atoms with Crippen molar-refractivity contribution in [1.29, 1.82) is 0 Å². The van der Waals surface area contributed by atoms with Gasteiger partial charge in [-0.05, 0) is 35.7 Å². The maximum absolute atomic E-state index is 11.9. The number of aromatic nitrogens is 2. The smallest absolute Gasteiger partial charge is 0.258 e. The SMILES string of the molecule is Cc1cccc(OCC(=O)NCc2ccc(Cn3ccnc3)cc2)c1. The minimum atomic E-state index is -0.135. The van der Waals surface area contributed by atoms with Crippen LogP contribution >= 0.6 is 0 Å². The first-order chi connectivity index (χ1) is 12.2. The normalized spacial score (nSPS) is 10.4. The number of aryl methyl sites for hydroxylation is 1. The molecule has 0 bridgehead atoms. The number of nitrogens with one attached hydrogen (secondary N) is 1. The summed E-state index contributed by atoms with van der Waals surface area (Å²) < 4.78 is 7.51. The number of imidazole rings is 1. The molecule has 1 N–H and O–H groups in total. The Morgan fingerprint density at radius 3 is 2.68 bits per heavy atom. The molecule has 0 aliphatic heterocycles. The van der Waals surface area contributed by atoms with Gasteiger partial charge in [-0.3, -0.25) is 4.79 Å². The average molecular weight is 335 g/mol. The predicted molar refractivity (Wildman–Crippen MR) is 96.3 cm³/mol. The highest BCUT2D eigenvalue weighted by Gasteiger charge is 2.03. The van der Waals surface area contributed by atoms with Crippen molar-refractivity contribution in [2.24, 2.45) is 0 Å². The molecule has 0 spiro atoms. The van der Waals surface area contributed by atoms with Gasteiger partial charge in [-0.25, -0.2) is 4.98 Å². The van der Waals surface area contributed by atoms with E-state index in [-0.39, 0.29) is 12.5 Å². The zero-order valence-electron chi connectivity index (χ0n) is 14.2. The highest BCUT2D eigenvalue weighted by atomic mass is 16.5. The van der Waals surface area contributed by atoms with Crippen LogP contribution < -0.4 is 10.1 Å². The molecule has 0 fully saturated rings. The summed E-state index contributed by atoms with van der Waals surface area (Å²) in [5.74, 6) is 0.572. The number of carbonyl (C=O) groups excluding carboxylic acids is 1. The molecular weight excluding hydrogens is 314 g/mol. The Labute approximate surface area is 147 Å². The Hall–Kier alpha value is -3.08. The van der Waals surface area contributed by atoms with Gasteiger partial charge < -0.3 is 14.6 Å². The van der Waals surface area contributed by atoms with E-state index in [0.717, 1.165) is 17.7 Å². The van der Waals surface area contributed by atoms with E-state index in [1.165, 1.54) is 5.56 Å². The molecule has 3 rings (SSSR count). The number of carbonyl (C=O) groups is 1. The van der Waals surface area contributed by atoms with Crippen LogP contribution in [0.3, 0.4) is 0 Å². The molecule has 1 heterocycles. The molecule has 128 valence electrons. The van der Waals surface area contributed by atoms with Gasteiger partial charge >= 0.3 is 0 Å². The molecule has 5 nitrogen and oxygen atoms in total. The molecule has 0 atom stereocenters. The van der Waals surface area contributed by atoms with Crippen LogP contribution in [0.5, 0.6) is 5.75 Å². The largest absolute Gasteiger partial charge is 0.484 e. The fourth-order valence-corrected chi connectivity index (χ4v) is 2.46. The van der Waals surface area contributed by atoms with E-state index in [0.29, 0.717) is 12.3 Å². The van der Waals surface area contributed by atoms with Gasteiger partial charge in [0.2, 0.25) is 0 Å². The van der Waals surface area contributed by atoms with Crippen molar-refractivity contribution in [2.75, 3.05) is 6.61 Å². The van der Waals surface area contributed by atoms with E-state index < -0.39 is 0 Å². The van der Waals surface area contributed by atoms with Crippen LogP contribution in [-0.2, 0) is 17.9 Å². The number of hydrogen-bond donors (Lipinski definition) is 1. The monoisotopic (exact) mass is 335 g/mol. The van der Waals surface area contributed by atoms with Crippen molar-refractivity contribution in [1.82, 2.24) is 14.9 Å².